The first-order valence-corrected chi connectivity index (χ1v) is 10.6. The van der Waals surface area contributed by atoms with E-state index in [0.717, 1.165) is 31.1 Å². The molecule has 0 fully saturated rings. The summed E-state index contributed by atoms with van der Waals surface area (Å²) in [6, 6.07) is 16.0. The first-order valence-electron chi connectivity index (χ1n) is 10.6. The van der Waals surface area contributed by atoms with Crippen LogP contribution in [0.1, 0.15) is 68.2 Å². The minimum Gasteiger partial charge on any atom is -0.494 e. The number of hydrogen-bond donors (Lipinski definition) is 0. The second kappa shape index (κ2) is 9.80. The highest BCUT2D eigenvalue weighted by atomic mass is 16.5. The van der Waals surface area contributed by atoms with E-state index in [1.54, 1.807) is 5.56 Å². The summed E-state index contributed by atoms with van der Waals surface area (Å²) in [6.45, 7) is 5.30. The van der Waals surface area contributed by atoms with Crippen molar-refractivity contribution in [3.05, 3.63) is 64.7 Å². The highest BCUT2D eigenvalue weighted by Crippen LogP contribution is 2.31. The number of hydrogen-bond acceptors (Lipinski definition) is 1. The zero-order chi connectivity index (χ0) is 18.2. The van der Waals surface area contributed by atoms with Gasteiger partial charge in [0.05, 0.1) is 6.61 Å². The third-order valence-corrected chi connectivity index (χ3v) is 5.80. The Labute approximate surface area is 159 Å². The summed E-state index contributed by atoms with van der Waals surface area (Å²) in [6.07, 6.45) is 11.1. The third-order valence-electron chi connectivity index (χ3n) is 5.80. The van der Waals surface area contributed by atoms with Crippen LogP contribution in [0.5, 0.6) is 5.75 Å². The van der Waals surface area contributed by atoms with Crippen LogP contribution in [-0.2, 0) is 25.7 Å². The number of ether oxygens (including phenoxy) is 1. The van der Waals surface area contributed by atoms with Crippen molar-refractivity contribution in [2.75, 3.05) is 6.61 Å². The molecule has 0 aliphatic heterocycles. The third kappa shape index (κ3) is 5.37. The number of aryl methyl sites for hydroxylation is 3. The van der Waals surface area contributed by atoms with Crippen LogP contribution in [0.15, 0.2) is 42.5 Å². The molecule has 0 heterocycles. The van der Waals surface area contributed by atoms with Gasteiger partial charge in [-0.05, 0) is 85.3 Å². The monoisotopic (exact) mass is 350 g/mol. The van der Waals surface area contributed by atoms with E-state index in [0.29, 0.717) is 0 Å². The second-order valence-corrected chi connectivity index (χ2v) is 7.80. The maximum Gasteiger partial charge on any atom is 0.119 e. The summed E-state index contributed by atoms with van der Waals surface area (Å²) in [4.78, 5) is 0. The molecule has 0 amide bonds. The Hall–Kier alpha value is -1.76. The molecule has 1 unspecified atom stereocenters. The van der Waals surface area contributed by atoms with Gasteiger partial charge in [0, 0.05) is 0 Å². The Morgan fingerprint density at radius 2 is 1.73 bits per heavy atom. The molecule has 1 nitrogen and oxygen atoms in total. The highest BCUT2D eigenvalue weighted by molar-refractivity contribution is 5.37. The van der Waals surface area contributed by atoms with E-state index in [1.165, 1.54) is 61.6 Å². The molecule has 1 atom stereocenters. The number of unbranched alkanes of at least 4 members (excludes halogenated alkanes) is 2. The van der Waals surface area contributed by atoms with Crippen LogP contribution in [0, 0.1) is 5.92 Å². The molecule has 3 rings (SSSR count). The van der Waals surface area contributed by atoms with Crippen molar-refractivity contribution in [1.82, 2.24) is 0 Å². The molecule has 140 valence electrons. The maximum atomic E-state index is 5.93. The fourth-order valence-corrected chi connectivity index (χ4v) is 4.00. The van der Waals surface area contributed by atoms with Gasteiger partial charge in [0.2, 0.25) is 0 Å². The van der Waals surface area contributed by atoms with E-state index in [1.807, 2.05) is 0 Å². The van der Waals surface area contributed by atoms with Crippen molar-refractivity contribution in [3.63, 3.8) is 0 Å². The van der Waals surface area contributed by atoms with Crippen molar-refractivity contribution >= 4 is 0 Å². The normalized spacial score (nSPS) is 16.3. The summed E-state index contributed by atoms with van der Waals surface area (Å²) in [7, 11) is 0. The summed E-state index contributed by atoms with van der Waals surface area (Å²) in [5.74, 6) is 1.89. The minimum absolute atomic E-state index is 0.824. The molecule has 26 heavy (non-hydrogen) atoms. The Kier molecular flexibility index (Phi) is 7.17. The van der Waals surface area contributed by atoms with E-state index in [-0.39, 0.29) is 0 Å². The molecule has 0 saturated heterocycles. The molecule has 2 aromatic carbocycles. The smallest absolute Gasteiger partial charge is 0.119 e. The topological polar surface area (TPSA) is 9.23 Å². The van der Waals surface area contributed by atoms with E-state index in [9.17, 15) is 0 Å². The van der Waals surface area contributed by atoms with Crippen LogP contribution in [0.25, 0.3) is 0 Å². The molecule has 0 spiro atoms. The van der Waals surface area contributed by atoms with E-state index < -0.39 is 0 Å². The Morgan fingerprint density at radius 3 is 2.50 bits per heavy atom. The Morgan fingerprint density at radius 1 is 0.923 bits per heavy atom. The zero-order valence-corrected chi connectivity index (χ0v) is 16.6. The first kappa shape index (κ1) is 19.0. The lowest BCUT2D eigenvalue weighted by Crippen LogP contribution is -2.15. The Balaban J connectivity index is 1.49. The highest BCUT2D eigenvalue weighted by Gasteiger charge is 2.19. The molecule has 0 N–H and O–H groups in total. The van der Waals surface area contributed by atoms with Crippen LogP contribution >= 0.6 is 0 Å². The van der Waals surface area contributed by atoms with Gasteiger partial charge in [-0.15, -0.1) is 0 Å². The van der Waals surface area contributed by atoms with Crippen molar-refractivity contribution in [3.8, 4) is 5.75 Å². The van der Waals surface area contributed by atoms with Crippen LogP contribution in [0.4, 0.5) is 0 Å². The van der Waals surface area contributed by atoms with Gasteiger partial charge in [-0.2, -0.15) is 0 Å². The van der Waals surface area contributed by atoms with E-state index in [4.69, 9.17) is 4.74 Å². The molecular weight excluding hydrogens is 316 g/mol. The summed E-state index contributed by atoms with van der Waals surface area (Å²) >= 11 is 0. The minimum atomic E-state index is 0.824. The number of benzene rings is 2. The molecule has 1 aliphatic rings. The van der Waals surface area contributed by atoms with Gasteiger partial charge < -0.3 is 4.74 Å². The van der Waals surface area contributed by atoms with Gasteiger partial charge in [-0.25, -0.2) is 0 Å². The summed E-state index contributed by atoms with van der Waals surface area (Å²) < 4.78 is 5.93. The van der Waals surface area contributed by atoms with E-state index >= 15 is 0 Å². The van der Waals surface area contributed by atoms with Crippen LogP contribution in [0.2, 0.25) is 0 Å². The van der Waals surface area contributed by atoms with Crippen molar-refractivity contribution in [2.45, 2.75) is 71.6 Å². The summed E-state index contributed by atoms with van der Waals surface area (Å²) in [5.41, 5.74) is 5.99. The van der Waals surface area contributed by atoms with E-state index in [2.05, 4.69) is 56.3 Å². The Bertz CT molecular complexity index is 671. The van der Waals surface area contributed by atoms with Crippen molar-refractivity contribution < 1.29 is 4.74 Å². The second-order valence-electron chi connectivity index (χ2n) is 7.80. The van der Waals surface area contributed by atoms with Crippen LogP contribution < -0.4 is 4.74 Å². The average Bonchev–Trinajstić information content (AvgIpc) is 2.70. The van der Waals surface area contributed by atoms with Crippen molar-refractivity contribution in [2.24, 2.45) is 5.92 Å². The van der Waals surface area contributed by atoms with Gasteiger partial charge in [0.1, 0.15) is 5.75 Å². The molecule has 0 radical (unpaired) electrons. The predicted molar refractivity (Wildman–Crippen MR) is 111 cm³/mol. The molecule has 0 bridgehead atoms. The predicted octanol–water partition coefficient (Wildman–Crippen LogP) is 6.56. The quantitative estimate of drug-likeness (QED) is 0.466. The molecular formula is C25H34O. The molecule has 1 heteroatoms. The van der Waals surface area contributed by atoms with Gasteiger partial charge in [0.25, 0.3) is 0 Å². The average molecular weight is 351 g/mol. The van der Waals surface area contributed by atoms with Crippen molar-refractivity contribution in [1.29, 1.82) is 0 Å². The fourth-order valence-electron chi connectivity index (χ4n) is 4.00. The lowest BCUT2D eigenvalue weighted by molar-refractivity contribution is 0.305. The van der Waals surface area contributed by atoms with Crippen LogP contribution in [-0.4, -0.2) is 6.61 Å². The fraction of sp³-hybridized carbons (Fsp3) is 0.520. The van der Waals surface area contributed by atoms with Gasteiger partial charge in [0.15, 0.2) is 0 Å². The zero-order valence-electron chi connectivity index (χ0n) is 16.6. The van der Waals surface area contributed by atoms with Gasteiger partial charge in [-0.3, -0.25) is 0 Å². The van der Waals surface area contributed by atoms with Crippen LogP contribution in [0.3, 0.4) is 0 Å². The van der Waals surface area contributed by atoms with Gasteiger partial charge >= 0.3 is 0 Å². The maximum absolute atomic E-state index is 5.93. The summed E-state index contributed by atoms with van der Waals surface area (Å²) in [5, 5.41) is 0. The number of rotatable bonds is 9. The standard InChI is InChI=1S/C25H34O/c1-3-5-6-17-26-25-16-15-23-18-22(13-14-24(23)19-25)12-11-21-9-7-20(4-2)8-10-21/h7-10,15-16,19,22H,3-6,11-14,17-18H2,1-2H3. The first-order chi connectivity index (χ1) is 12.8. The molecule has 0 saturated carbocycles. The SMILES string of the molecule is CCCCCOc1ccc2c(c1)CCC(CCc1ccc(CC)cc1)C2. The molecule has 1 aliphatic carbocycles. The molecule has 0 aromatic heterocycles. The molecule has 2 aromatic rings. The lowest BCUT2D eigenvalue weighted by atomic mass is 9.81. The van der Waals surface area contributed by atoms with Gasteiger partial charge in [-0.1, -0.05) is 57.0 Å². The number of fused-ring (bicyclic) bond motifs is 1. The largest absolute Gasteiger partial charge is 0.494 e. The lowest BCUT2D eigenvalue weighted by Gasteiger charge is -2.25.